The summed E-state index contributed by atoms with van der Waals surface area (Å²) in [5, 5.41) is 8.86. The van der Waals surface area contributed by atoms with Gasteiger partial charge in [0, 0.05) is 17.4 Å². The number of fused-ring (bicyclic) bond motifs is 2. The van der Waals surface area contributed by atoms with Gasteiger partial charge in [-0.05, 0) is 43.4 Å². The molecular formula is C18H27NO4S. The largest absolute Gasteiger partial charge is 0.480 e. The smallest absolute Gasteiger partial charge is 0.321 e. The first-order valence-electron chi connectivity index (χ1n) is 8.76. The summed E-state index contributed by atoms with van der Waals surface area (Å²) in [6.45, 7) is 6.61. The van der Waals surface area contributed by atoms with Gasteiger partial charge >= 0.3 is 11.9 Å². The number of carbonyl (C=O) groups excluding carboxylic acids is 1. The molecule has 3 fully saturated rings. The van der Waals surface area contributed by atoms with Crippen LogP contribution in [0.25, 0.3) is 0 Å². The third kappa shape index (κ3) is 3.23. The number of aliphatic carboxylic acids is 1. The van der Waals surface area contributed by atoms with Crippen LogP contribution in [-0.2, 0) is 14.3 Å². The third-order valence-corrected chi connectivity index (χ3v) is 7.42. The Bertz CT molecular complexity index is 551. The average molecular weight is 353 g/mol. The molecule has 0 bridgehead atoms. The monoisotopic (exact) mass is 353 g/mol. The fraction of sp³-hybridized carbons (Fsp3) is 0.778. The highest BCUT2D eigenvalue weighted by atomic mass is 32.2. The first-order chi connectivity index (χ1) is 11.3. The lowest BCUT2D eigenvalue weighted by atomic mass is 9.55. The van der Waals surface area contributed by atoms with E-state index in [1.165, 1.54) is 30.2 Å². The van der Waals surface area contributed by atoms with Gasteiger partial charge in [-0.25, -0.2) is 0 Å². The Morgan fingerprint density at radius 1 is 1.58 bits per heavy atom. The Labute approximate surface area is 147 Å². The molecule has 2 unspecified atom stereocenters. The molecular weight excluding hydrogens is 326 g/mol. The topological polar surface area (TPSA) is 89.6 Å². The van der Waals surface area contributed by atoms with E-state index >= 15 is 0 Å². The maximum atomic E-state index is 12.3. The quantitative estimate of drug-likeness (QED) is 0.583. The predicted molar refractivity (Wildman–Crippen MR) is 93.6 cm³/mol. The number of hydrogen-bond acceptors (Lipinski definition) is 5. The zero-order valence-corrected chi connectivity index (χ0v) is 15.0. The summed E-state index contributed by atoms with van der Waals surface area (Å²) >= 11 is 1.45. The molecule has 1 heterocycles. The molecule has 0 aromatic heterocycles. The summed E-state index contributed by atoms with van der Waals surface area (Å²) in [5.74, 6) is 0.381. The van der Waals surface area contributed by atoms with Crippen LogP contribution in [0.4, 0.5) is 0 Å². The fourth-order valence-corrected chi connectivity index (χ4v) is 6.01. The molecule has 2 saturated carbocycles. The van der Waals surface area contributed by atoms with Gasteiger partial charge < -0.3 is 15.6 Å². The molecule has 3 rings (SSSR count). The number of allylic oxidation sites excluding steroid dienone is 1. The normalized spacial score (nSPS) is 39.8. The molecule has 3 aliphatic rings. The molecule has 6 heteroatoms. The van der Waals surface area contributed by atoms with E-state index in [2.05, 4.69) is 13.5 Å². The van der Waals surface area contributed by atoms with Crippen molar-refractivity contribution in [1.82, 2.24) is 0 Å². The minimum absolute atomic E-state index is 0.0170. The van der Waals surface area contributed by atoms with Crippen LogP contribution < -0.4 is 5.73 Å². The highest BCUT2D eigenvalue weighted by molar-refractivity contribution is 7.99. The fourth-order valence-electron chi connectivity index (χ4n) is 4.84. The van der Waals surface area contributed by atoms with Crippen molar-refractivity contribution in [2.45, 2.75) is 51.2 Å². The van der Waals surface area contributed by atoms with Crippen molar-refractivity contribution in [2.24, 2.45) is 28.9 Å². The molecule has 1 aliphatic heterocycles. The molecule has 0 aromatic rings. The van der Waals surface area contributed by atoms with Crippen molar-refractivity contribution in [3.63, 3.8) is 0 Å². The summed E-state index contributed by atoms with van der Waals surface area (Å²) in [6.07, 6.45) is 5.39. The Morgan fingerprint density at radius 2 is 2.33 bits per heavy atom. The number of carboxylic acids is 1. The van der Waals surface area contributed by atoms with Gasteiger partial charge in [0.1, 0.15) is 12.1 Å². The van der Waals surface area contributed by atoms with Crippen LogP contribution in [0.15, 0.2) is 12.2 Å². The second-order valence-electron chi connectivity index (χ2n) is 7.89. The molecule has 2 aliphatic carbocycles. The molecule has 0 spiro atoms. The maximum Gasteiger partial charge on any atom is 0.321 e. The van der Waals surface area contributed by atoms with Crippen LogP contribution in [0.2, 0.25) is 0 Å². The molecule has 1 saturated heterocycles. The van der Waals surface area contributed by atoms with Gasteiger partial charge in [-0.15, -0.1) is 0 Å². The number of ether oxygens (including phenoxy) is 1. The van der Waals surface area contributed by atoms with Gasteiger partial charge in [-0.2, -0.15) is 11.8 Å². The minimum Gasteiger partial charge on any atom is -0.480 e. The van der Waals surface area contributed by atoms with Crippen LogP contribution in [0.1, 0.15) is 39.0 Å². The van der Waals surface area contributed by atoms with E-state index in [4.69, 9.17) is 15.6 Å². The molecule has 0 amide bonds. The molecule has 5 nitrogen and oxygen atoms in total. The molecule has 3 N–H and O–H groups in total. The second-order valence-corrected chi connectivity index (χ2v) is 8.96. The van der Waals surface area contributed by atoms with Crippen LogP contribution in [0.5, 0.6) is 0 Å². The molecule has 6 atom stereocenters. The summed E-state index contributed by atoms with van der Waals surface area (Å²) in [4.78, 5) is 23.1. The predicted octanol–water partition coefficient (Wildman–Crippen LogP) is 2.45. The van der Waals surface area contributed by atoms with Crippen molar-refractivity contribution < 1.29 is 19.4 Å². The van der Waals surface area contributed by atoms with Gasteiger partial charge in [0.15, 0.2) is 0 Å². The molecule has 0 aromatic carbocycles. The van der Waals surface area contributed by atoms with Crippen molar-refractivity contribution in [2.75, 3.05) is 11.5 Å². The van der Waals surface area contributed by atoms with Crippen molar-refractivity contribution in [3.8, 4) is 0 Å². The summed E-state index contributed by atoms with van der Waals surface area (Å²) in [5.41, 5.74) is 7.09. The number of rotatable bonds is 5. The van der Waals surface area contributed by atoms with E-state index in [0.717, 1.165) is 19.3 Å². The summed E-state index contributed by atoms with van der Waals surface area (Å²) in [7, 11) is 0. The van der Waals surface area contributed by atoms with E-state index in [0.29, 0.717) is 17.4 Å². The van der Waals surface area contributed by atoms with Gasteiger partial charge in [-0.1, -0.05) is 19.1 Å². The van der Waals surface area contributed by atoms with Crippen LogP contribution in [0.3, 0.4) is 0 Å². The number of nitrogens with two attached hydrogens (primary N) is 1. The summed E-state index contributed by atoms with van der Waals surface area (Å²) in [6, 6.07) is -0.879. The highest BCUT2D eigenvalue weighted by Crippen LogP contribution is 2.57. The Hall–Kier alpha value is -1.01. The number of thioether (sulfide) groups is 1. The Kier molecular flexibility index (Phi) is 4.98. The van der Waals surface area contributed by atoms with Crippen LogP contribution in [-0.4, -0.2) is 40.7 Å². The number of carboxylic acid groups (broad SMARTS) is 1. The van der Waals surface area contributed by atoms with Gasteiger partial charge in [0.05, 0.1) is 5.92 Å². The number of hydrogen-bond donors (Lipinski definition) is 2. The highest BCUT2D eigenvalue weighted by Gasteiger charge is 2.54. The van der Waals surface area contributed by atoms with Gasteiger partial charge in [0.2, 0.25) is 0 Å². The van der Waals surface area contributed by atoms with Gasteiger partial charge in [0.25, 0.3) is 0 Å². The Morgan fingerprint density at radius 3 is 3.04 bits per heavy atom. The first kappa shape index (κ1) is 17.8. The van der Waals surface area contributed by atoms with E-state index in [9.17, 15) is 9.59 Å². The SMILES string of the molecule is C=C1CCC[C@]2(C)C[C@H]3OC(=O)C(CSC[C@H](N)C(=O)O)[C@H]3CC12. The van der Waals surface area contributed by atoms with Crippen LogP contribution >= 0.6 is 11.8 Å². The lowest BCUT2D eigenvalue weighted by Gasteiger charge is -2.50. The lowest BCUT2D eigenvalue weighted by molar-refractivity contribution is -0.145. The molecule has 0 radical (unpaired) electrons. The minimum atomic E-state index is -0.999. The first-order valence-corrected chi connectivity index (χ1v) is 9.91. The van der Waals surface area contributed by atoms with Crippen molar-refractivity contribution in [3.05, 3.63) is 12.2 Å². The summed E-state index contributed by atoms with van der Waals surface area (Å²) < 4.78 is 5.70. The Balaban J connectivity index is 1.65. The lowest BCUT2D eigenvalue weighted by Crippen LogP contribution is -2.44. The van der Waals surface area contributed by atoms with E-state index < -0.39 is 12.0 Å². The number of esters is 1. The zero-order chi connectivity index (χ0) is 17.5. The third-order valence-electron chi connectivity index (χ3n) is 6.23. The zero-order valence-electron chi connectivity index (χ0n) is 14.2. The number of carbonyl (C=O) groups is 2. The van der Waals surface area contributed by atoms with E-state index in [-0.39, 0.29) is 29.3 Å². The molecule has 134 valence electrons. The van der Waals surface area contributed by atoms with E-state index in [1.807, 2.05) is 0 Å². The van der Waals surface area contributed by atoms with Gasteiger partial charge in [-0.3, -0.25) is 9.59 Å². The second kappa shape index (κ2) is 6.71. The molecule has 24 heavy (non-hydrogen) atoms. The maximum absolute atomic E-state index is 12.3. The van der Waals surface area contributed by atoms with Crippen LogP contribution in [0, 0.1) is 23.2 Å². The van der Waals surface area contributed by atoms with E-state index in [1.54, 1.807) is 0 Å². The standard InChI is InChI=1S/C18H27NO4S/c1-10-4-3-5-18(2)7-15-11(6-13(10)18)12(17(22)23-15)8-24-9-14(19)16(20)21/h11-15H,1,3-9,19H2,2H3,(H,20,21)/t11-,12?,13?,14+,15-,18-/m1/s1. The van der Waals surface area contributed by atoms with Crippen molar-refractivity contribution >= 4 is 23.7 Å². The average Bonchev–Trinajstić information content (AvgIpc) is 2.79. The van der Waals surface area contributed by atoms with Crippen molar-refractivity contribution in [1.29, 1.82) is 0 Å².